The summed E-state index contributed by atoms with van der Waals surface area (Å²) < 4.78 is 19.0. The van der Waals surface area contributed by atoms with Gasteiger partial charge in [0.2, 0.25) is 5.91 Å². The molecule has 4 nitrogen and oxygen atoms in total. The minimum absolute atomic E-state index is 0. The molecule has 1 aliphatic rings. The lowest BCUT2D eigenvalue weighted by molar-refractivity contribution is -0.134. The van der Waals surface area contributed by atoms with Crippen LogP contribution in [0.3, 0.4) is 0 Å². The van der Waals surface area contributed by atoms with Crippen molar-refractivity contribution >= 4 is 18.3 Å². The number of hydrogen-bond donors (Lipinski definition) is 1. The Kier molecular flexibility index (Phi) is 7.42. The monoisotopic (exact) mass is 378 g/mol. The molecule has 140 valence electrons. The van der Waals surface area contributed by atoms with E-state index in [1.807, 2.05) is 30.3 Å². The molecular weight excluding hydrogens is 355 g/mol. The lowest BCUT2D eigenvalue weighted by Crippen LogP contribution is -2.49. The van der Waals surface area contributed by atoms with Gasteiger partial charge in [0.15, 0.2) is 0 Å². The number of piperidine rings is 1. The lowest BCUT2D eigenvalue weighted by Gasteiger charge is -2.33. The number of rotatable bonds is 5. The summed E-state index contributed by atoms with van der Waals surface area (Å²) in [6.45, 7) is 1.22. The molecule has 1 aliphatic heterocycles. The molecule has 0 aliphatic carbocycles. The van der Waals surface area contributed by atoms with E-state index in [2.05, 4.69) is 0 Å². The maximum Gasteiger partial charge on any atom is 0.239 e. The molecule has 0 bridgehead atoms. The highest BCUT2D eigenvalue weighted by Crippen LogP contribution is 2.20. The molecule has 3 rings (SSSR count). The van der Waals surface area contributed by atoms with Crippen LogP contribution in [0.1, 0.15) is 18.4 Å². The summed E-state index contributed by atoms with van der Waals surface area (Å²) in [5.74, 6) is 0.204. The second-order valence-corrected chi connectivity index (χ2v) is 6.40. The van der Waals surface area contributed by atoms with Crippen LogP contribution in [0.4, 0.5) is 4.39 Å². The summed E-state index contributed by atoms with van der Waals surface area (Å²) in [6, 6.07) is 15.4. The van der Waals surface area contributed by atoms with Crippen molar-refractivity contribution < 1.29 is 13.9 Å². The molecule has 2 N–H and O–H groups in total. The highest BCUT2D eigenvalue weighted by atomic mass is 35.5. The van der Waals surface area contributed by atoms with Crippen LogP contribution in [0.15, 0.2) is 54.6 Å². The fourth-order valence-corrected chi connectivity index (χ4v) is 3.12. The third-order valence-corrected chi connectivity index (χ3v) is 4.47. The molecule has 1 amide bonds. The maximum atomic E-state index is 13.2. The second-order valence-electron chi connectivity index (χ2n) is 6.40. The van der Waals surface area contributed by atoms with Crippen molar-refractivity contribution in [3.63, 3.8) is 0 Å². The van der Waals surface area contributed by atoms with E-state index in [0.717, 1.165) is 18.4 Å². The van der Waals surface area contributed by atoms with Crippen molar-refractivity contribution in [1.82, 2.24) is 4.90 Å². The van der Waals surface area contributed by atoms with E-state index >= 15 is 0 Å². The van der Waals surface area contributed by atoms with E-state index in [4.69, 9.17) is 10.5 Å². The number of ether oxygens (including phenoxy) is 1. The zero-order valence-corrected chi connectivity index (χ0v) is 15.3. The molecule has 2 aromatic carbocycles. The van der Waals surface area contributed by atoms with Gasteiger partial charge in [0.05, 0.1) is 6.04 Å². The van der Waals surface area contributed by atoms with Crippen molar-refractivity contribution in [2.75, 3.05) is 13.1 Å². The van der Waals surface area contributed by atoms with Crippen LogP contribution < -0.4 is 10.5 Å². The summed E-state index contributed by atoms with van der Waals surface area (Å²) in [7, 11) is 0. The van der Waals surface area contributed by atoms with Gasteiger partial charge in [-0.15, -0.1) is 12.4 Å². The van der Waals surface area contributed by atoms with Crippen molar-refractivity contribution in [1.29, 1.82) is 0 Å². The Labute approximate surface area is 159 Å². The molecule has 0 spiro atoms. The van der Waals surface area contributed by atoms with Gasteiger partial charge in [-0.25, -0.2) is 4.39 Å². The predicted octanol–water partition coefficient (Wildman–Crippen LogP) is 3.19. The number of likely N-dealkylation sites (tertiary alicyclic amines) is 1. The first-order valence-corrected chi connectivity index (χ1v) is 8.62. The maximum absolute atomic E-state index is 13.2. The number of nitrogens with zero attached hydrogens (tertiary/aromatic N) is 1. The Bertz CT molecular complexity index is 706. The molecule has 1 unspecified atom stereocenters. The SMILES string of the molecule is Cl.NC(Cc1ccccc1)C(=O)N1CCC(Oc2cccc(F)c2)CC1. The predicted molar refractivity (Wildman–Crippen MR) is 102 cm³/mol. The first kappa shape index (κ1) is 20.2. The van der Waals surface area contributed by atoms with Crippen LogP contribution in [-0.2, 0) is 11.2 Å². The van der Waals surface area contributed by atoms with Gasteiger partial charge in [0.1, 0.15) is 17.7 Å². The number of hydrogen-bond acceptors (Lipinski definition) is 3. The van der Waals surface area contributed by atoms with Crippen molar-refractivity contribution in [3.8, 4) is 5.75 Å². The lowest BCUT2D eigenvalue weighted by atomic mass is 10.0. The van der Waals surface area contributed by atoms with Crippen molar-refractivity contribution in [2.45, 2.75) is 31.4 Å². The summed E-state index contributed by atoms with van der Waals surface area (Å²) in [5, 5.41) is 0. The fraction of sp³-hybridized carbons (Fsp3) is 0.350. The Morgan fingerprint density at radius 1 is 1.15 bits per heavy atom. The fourth-order valence-electron chi connectivity index (χ4n) is 3.12. The zero-order chi connectivity index (χ0) is 17.6. The van der Waals surface area contributed by atoms with E-state index in [9.17, 15) is 9.18 Å². The average Bonchev–Trinajstić information content (AvgIpc) is 2.62. The first-order chi connectivity index (χ1) is 12.1. The molecule has 1 heterocycles. The van der Waals surface area contributed by atoms with Gasteiger partial charge in [-0.3, -0.25) is 4.79 Å². The van der Waals surface area contributed by atoms with Crippen LogP contribution in [0.5, 0.6) is 5.75 Å². The number of carbonyl (C=O) groups excluding carboxylic acids is 1. The van der Waals surface area contributed by atoms with Gasteiger partial charge in [-0.1, -0.05) is 36.4 Å². The van der Waals surface area contributed by atoms with Crippen molar-refractivity contribution in [2.24, 2.45) is 5.73 Å². The molecule has 1 fully saturated rings. The van der Waals surface area contributed by atoms with Gasteiger partial charge in [-0.05, 0) is 24.1 Å². The Hall–Kier alpha value is -2.11. The number of benzene rings is 2. The summed E-state index contributed by atoms with van der Waals surface area (Å²) in [6.07, 6.45) is 1.98. The molecule has 0 radical (unpaired) electrons. The van der Waals surface area contributed by atoms with Crippen LogP contribution in [0.25, 0.3) is 0 Å². The number of carbonyl (C=O) groups is 1. The topological polar surface area (TPSA) is 55.6 Å². The van der Waals surface area contributed by atoms with Gasteiger partial charge < -0.3 is 15.4 Å². The van der Waals surface area contributed by atoms with Gasteiger partial charge in [-0.2, -0.15) is 0 Å². The molecular formula is C20H24ClFN2O2. The molecule has 0 saturated carbocycles. The second kappa shape index (κ2) is 9.55. The van der Waals surface area contributed by atoms with Crippen LogP contribution in [-0.4, -0.2) is 36.0 Å². The summed E-state index contributed by atoms with van der Waals surface area (Å²) in [4.78, 5) is 14.3. The Morgan fingerprint density at radius 3 is 2.50 bits per heavy atom. The summed E-state index contributed by atoms with van der Waals surface area (Å²) >= 11 is 0. The van der Waals surface area contributed by atoms with Gasteiger partial charge >= 0.3 is 0 Å². The van der Waals surface area contributed by atoms with Crippen molar-refractivity contribution in [3.05, 3.63) is 66.0 Å². The van der Waals surface area contributed by atoms with E-state index in [0.29, 0.717) is 25.3 Å². The molecule has 1 atom stereocenters. The third kappa shape index (κ3) is 5.44. The normalized spacial score (nSPS) is 15.8. The third-order valence-electron chi connectivity index (χ3n) is 4.47. The van der Waals surface area contributed by atoms with E-state index < -0.39 is 6.04 Å². The Balaban J connectivity index is 0.00000243. The van der Waals surface area contributed by atoms with Crippen LogP contribution in [0.2, 0.25) is 0 Å². The standard InChI is InChI=1S/C20H23FN2O2.ClH/c21-16-7-4-8-18(14-16)25-17-9-11-23(12-10-17)20(24)19(22)13-15-5-2-1-3-6-15;/h1-8,14,17,19H,9-13,22H2;1H. The van der Waals surface area contributed by atoms with Gasteiger partial charge in [0, 0.05) is 32.0 Å². The minimum Gasteiger partial charge on any atom is -0.490 e. The van der Waals surface area contributed by atoms with E-state index in [1.165, 1.54) is 12.1 Å². The first-order valence-electron chi connectivity index (χ1n) is 8.62. The number of amides is 1. The van der Waals surface area contributed by atoms with Gasteiger partial charge in [0.25, 0.3) is 0 Å². The van der Waals surface area contributed by atoms with E-state index in [-0.39, 0.29) is 30.2 Å². The van der Waals surface area contributed by atoms with Crippen LogP contribution in [0, 0.1) is 5.82 Å². The smallest absolute Gasteiger partial charge is 0.239 e. The molecule has 26 heavy (non-hydrogen) atoms. The molecule has 0 aromatic heterocycles. The average molecular weight is 379 g/mol. The highest BCUT2D eigenvalue weighted by Gasteiger charge is 2.27. The number of halogens is 2. The summed E-state index contributed by atoms with van der Waals surface area (Å²) in [5.41, 5.74) is 7.15. The molecule has 1 saturated heterocycles. The quantitative estimate of drug-likeness (QED) is 0.869. The van der Waals surface area contributed by atoms with E-state index in [1.54, 1.807) is 17.0 Å². The van der Waals surface area contributed by atoms with Crippen LogP contribution >= 0.6 is 12.4 Å². The molecule has 6 heteroatoms. The Morgan fingerprint density at radius 2 is 1.85 bits per heavy atom. The highest BCUT2D eigenvalue weighted by molar-refractivity contribution is 5.85. The zero-order valence-electron chi connectivity index (χ0n) is 14.5. The molecule has 2 aromatic rings. The largest absolute Gasteiger partial charge is 0.490 e. The number of nitrogens with two attached hydrogens (primary N) is 1. The minimum atomic E-state index is -0.525.